The van der Waals surface area contributed by atoms with Crippen LogP contribution in [0, 0.1) is 17.1 Å². The van der Waals surface area contributed by atoms with Gasteiger partial charge in [0, 0.05) is 4.47 Å². The van der Waals surface area contributed by atoms with Crippen molar-refractivity contribution in [2.45, 2.75) is 4.90 Å². The summed E-state index contributed by atoms with van der Waals surface area (Å²) in [5.41, 5.74) is -0.669. The molecule has 2 aromatic carbocycles. The van der Waals surface area contributed by atoms with Gasteiger partial charge in [0.25, 0.3) is 10.0 Å². The Morgan fingerprint density at radius 1 is 1.29 bits per heavy atom. The minimum Gasteiger partial charge on any atom is -0.506 e. The normalized spacial score (nSPS) is 10.9. The lowest BCUT2D eigenvalue weighted by atomic mass is 10.2. The number of phenolic OH excluding ortho intramolecular Hbond substituents is 1. The van der Waals surface area contributed by atoms with E-state index in [1.807, 2.05) is 0 Å². The average molecular weight is 371 g/mol. The van der Waals surface area contributed by atoms with Gasteiger partial charge >= 0.3 is 0 Å². The van der Waals surface area contributed by atoms with E-state index in [0.717, 1.165) is 12.1 Å². The third kappa shape index (κ3) is 3.15. The van der Waals surface area contributed by atoms with Crippen molar-refractivity contribution in [3.05, 3.63) is 52.3 Å². The van der Waals surface area contributed by atoms with E-state index in [2.05, 4.69) is 20.7 Å². The molecule has 21 heavy (non-hydrogen) atoms. The van der Waals surface area contributed by atoms with Gasteiger partial charge < -0.3 is 5.11 Å². The number of hydrogen-bond acceptors (Lipinski definition) is 4. The van der Waals surface area contributed by atoms with Crippen LogP contribution in [0.25, 0.3) is 0 Å². The quantitative estimate of drug-likeness (QED) is 0.812. The maximum Gasteiger partial charge on any atom is 0.263 e. The number of sulfonamides is 1. The summed E-state index contributed by atoms with van der Waals surface area (Å²) in [6.07, 6.45) is 0. The van der Waals surface area contributed by atoms with Crippen molar-refractivity contribution >= 4 is 31.6 Å². The summed E-state index contributed by atoms with van der Waals surface area (Å²) in [5.74, 6) is -1.23. The predicted octanol–water partition coefficient (Wildman–Crippen LogP) is 2.97. The molecule has 0 aliphatic carbocycles. The molecule has 0 saturated heterocycles. The number of phenols is 1. The van der Waals surface area contributed by atoms with Crippen LogP contribution in [0.4, 0.5) is 10.1 Å². The summed E-state index contributed by atoms with van der Waals surface area (Å²) in [7, 11) is -4.21. The molecule has 0 aliphatic rings. The first kappa shape index (κ1) is 15.3. The molecule has 8 heteroatoms. The van der Waals surface area contributed by atoms with E-state index < -0.39 is 26.3 Å². The Bertz CT molecular complexity index is 847. The number of anilines is 1. The van der Waals surface area contributed by atoms with Crippen molar-refractivity contribution in [1.29, 1.82) is 5.26 Å². The Morgan fingerprint density at radius 3 is 2.67 bits per heavy atom. The van der Waals surface area contributed by atoms with Crippen molar-refractivity contribution in [1.82, 2.24) is 0 Å². The zero-order valence-corrected chi connectivity index (χ0v) is 12.7. The largest absolute Gasteiger partial charge is 0.506 e. The van der Waals surface area contributed by atoms with Gasteiger partial charge in [0.15, 0.2) is 0 Å². The Balaban J connectivity index is 2.52. The standard InChI is InChI=1S/C13H8BrFN2O3S/c14-8-4-5-12(18)11(6-8)17-21(19,20)13-3-1-2-10(15)9(13)7-16/h1-6,17-18H. The molecule has 2 N–H and O–H groups in total. The van der Waals surface area contributed by atoms with E-state index in [9.17, 15) is 17.9 Å². The van der Waals surface area contributed by atoms with Gasteiger partial charge in [0.2, 0.25) is 0 Å². The van der Waals surface area contributed by atoms with Crippen LogP contribution in [0.5, 0.6) is 5.75 Å². The Morgan fingerprint density at radius 2 is 2.00 bits per heavy atom. The van der Waals surface area contributed by atoms with Gasteiger partial charge in [-0.1, -0.05) is 22.0 Å². The molecule has 2 rings (SSSR count). The molecule has 0 atom stereocenters. The molecule has 0 aliphatic heterocycles. The van der Waals surface area contributed by atoms with Crippen molar-refractivity contribution in [2.75, 3.05) is 4.72 Å². The number of rotatable bonds is 3. The fourth-order valence-electron chi connectivity index (χ4n) is 1.63. The highest BCUT2D eigenvalue weighted by molar-refractivity contribution is 9.10. The molecule has 0 fully saturated rings. The second kappa shape index (κ2) is 5.71. The number of nitrogens with one attached hydrogen (secondary N) is 1. The van der Waals surface area contributed by atoms with Crippen molar-refractivity contribution in [3.63, 3.8) is 0 Å². The zero-order valence-electron chi connectivity index (χ0n) is 10.3. The van der Waals surface area contributed by atoms with Crippen LogP contribution in [0.3, 0.4) is 0 Å². The molecular weight excluding hydrogens is 363 g/mol. The topological polar surface area (TPSA) is 90.2 Å². The van der Waals surface area contributed by atoms with Gasteiger partial charge in [-0.15, -0.1) is 0 Å². The maximum absolute atomic E-state index is 13.5. The van der Waals surface area contributed by atoms with E-state index in [-0.39, 0.29) is 11.4 Å². The molecule has 0 heterocycles. The summed E-state index contributed by atoms with van der Waals surface area (Å²) >= 11 is 3.14. The predicted molar refractivity (Wildman–Crippen MR) is 77.7 cm³/mol. The summed E-state index contributed by atoms with van der Waals surface area (Å²) in [4.78, 5) is -0.496. The SMILES string of the molecule is N#Cc1c(F)cccc1S(=O)(=O)Nc1cc(Br)ccc1O. The summed E-state index contributed by atoms with van der Waals surface area (Å²) in [6, 6.07) is 8.97. The lowest BCUT2D eigenvalue weighted by molar-refractivity contribution is 0.477. The molecule has 5 nitrogen and oxygen atoms in total. The number of halogens is 2. The fraction of sp³-hybridized carbons (Fsp3) is 0. The van der Waals surface area contributed by atoms with Gasteiger partial charge in [-0.3, -0.25) is 4.72 Å². The van der Waals surface area contributed by atoms with Crippen LogP contribution < -0.4 is 4.72 Å². The van der Waals surface area contributed by atoms with Gasteiger partial charge in [0.05, 0.1) is 5.69 Å². The van der Waals surface area contributed by atoms with Crippen molar-refractivity contribution < 1.29 is 17.9 Å². The second-order valence-electron chi connectivity index (χ2n) is 3.99. The highest BCUT2D eigenvalue weighted by Crippen LogP contribution is 2.29. The molecule has 108 valence electrons. The number of hydrogen-bond donors (Lipinski definition) is 2. The van der Waals surface area contributed by atoms with E-state index in [1.165, 1.54) is 30.3 Å². The highest BCUT2D eigenvalue weighted by Gasteiger charge is 2.22. The smallest absolute Gasteiger partial charge is 0.263 e. The average Bonchev–Trinajstić information content (AvgIpc) is 2.42. The van der Waals surface area contributed by atoms with E-state index in [4.69, 9.17) is 5.26 Å². The number of nitriles is 1. The van der Waals surface area contributed by atoms with Gasteiger partial charge in [0.1, 0.15) is 28.1 Å². The van der Waals surface area contributed by atoms with Gasteiger partial charge in [-0.05, 0) is 30.3 Å². The lowest BCUT2D eigenvalue weighted by Gasteiger charge is -2.11. The molecule has 0 bridgehead atoms. The first-order valence-electron chi connectivity index (χ1n) is 5.55. The number of nitrogens with zero attached hydrogens (tertiary/aromatic N) is 1. The van der Waals surface area contributed by atoms with Crippen molar-refractivity contribution in [3.8, 4) is 11.8 Å². The van der Waals surface area contributed by atoms with Crippen LogP contribution in [0.1, 0.15) is 5.56 Å². The molecule has 0 unspecified atom stereocenters. The number of aromatic hydroxyl groups is 1. The number of benzene rings is 2. The molecule has 0 spiro atoms. The molecular formula is C13H8BrFN2O3S. The van der Waals surface area contributed by atoms with E-state index >= 15 is 0 Å². The Labute approximate surface area is 128 Å². The van der Waals surface area contributed by atoms with Crippen LogP contribution in [0.2, 0.25) is 0 Å². The van der Waals surface area contributed by atoms with Gasteiger partial charge in [-0.2, -0.15) is 5.26 Å². The molecule has 0 saturated carbocycles. The van der Waals surface area contributed by atoms with Crippen LogP contribution >= 0.6 is 15.9 Å². The summed E-state index contributed by atoms with van der Waals surface area (Å²) in [6.45, 7) is 0. The zero-order chi connectivity index (χ0) is 15.6. The third-order valence-corrected chi connectivity index (χ3v) is 4.48. The first-order valence-corrected chi connectivity index (χ1v) is 7.82. The molecule has 0 radical (unpaired) electrons. The maximum atomic E-state index is 13.5. The minimum atomic E-state index is -4.21. The van der Waals surface area contributed by atoms with Crippen LogP contribution in [-0.2, 0) is 10.0 Å². The lowest BCUT2D eigenvalue weighted by Crippen LogP contribution is -2.15. The van der Waals surface area contributed by atoms with E-state index in [0.29, 0.717) is 4.47 Å². The molecule has 0 amide bonds. The molecule has 0 aromatic heterocycles. The summed E-state index contributed by atoms with van der Waals surface area (Å²) in [5, 5.41) is 18.5. The monoisotopic (exact) mass is 370 g/mol. The Hall–Kier alpha value is -2.11. The van der Waals surface area contributed by atoms with Gasteiger partial charge in [-0.25, -0.2) is 12.8 Å². The minimum absolute atomic E-state index is 0.0856. The van der Waals surface area contributed by atoms with Crippen LogP contribution in [-0.4, -0.2) is 13.5 Å². The van der Waals surface area contributed by atoms with E-state index in [1.54, 1.807) is 0 Å². The second-order valence-corrected chi connectivity index (χ2v) is 6.56. The van der Waals surface area contributed by atoms with Crippen molar-refractivity contribution in [2.24, 2.45) is 0 Å². The van der Waals surface area contributed by atoms with Crippen LogP contribution in [0.15, 0.2) is 45.8 Å². The Kier molecular flexibility index (Phi) is 4.16. The highest BCUT2D eigenvalue weighted by atomic mass is 79.9. The first-order chi connectivity index (χ1) is 9.85. The molecule has 2 aromatic rings. The fourth-order valence-corrected chi connectivity index (χ4v) is 3.22. The summed E-state index contributed by atoms with van der Waals surface area (Å²) < 4.78 is 40.6. The third-order valence-electron chi connectivity index (χ3n) is 2.58.